The van der Waals surface area contributed by atoms with Crippen molar-refractivity contribution in [2.24, 2.45) is 5.14 Å². The summed E-state index contributed by atoms with van der Waals surface area (Å²) < 4.78 is 23.0. The number of aldehydes is 1. The fourth-order valence-corrected chi connectivity index (χ4v) is 2.97. The lowest BCUT2D eigenvalue weighted by Crippen LogP contribution is -2.25. The standard InChI is InChI=1S/C18H18N2O4S/c19-25(23,24)17(11-13-21)15-8-6-14(7-9-15)10-12-20-18(22)16-4-2-1-3-5-16/h1-9,11,13H,10,12H2,(H,20,22)(H2,19,23,24)/b17-11-. The molecule has 7 heteroatoms. The van der Waals surface area contributed by atoms with Gasteiger partial charge in [0.2, 0.25) is 10.0 Å². The molecule has 0 spiro atoms. The molecule has 0 saturated carbocycles. The van der Waals surface area contributed by atoms with Gasteiger partial charge in [0.05, 0.1) is 4.91 Å². The van der Waals surface area contributed by atoms with Crippen LogP contribution in [0.3, 0.4) is 0 Å². The van der Waals surface area contributed by atoms with Gasteiger partial charge in [-0.3, -0.25) is 9.59 Å². The Labute approximate surface area is 146 Å². The van der Waals surface area contributed by atoms with Crippen molar-refractivity contribution >= 4 is 27.1 Å². The van der Waals surface area contributed by atoms with Crippen molar-refractivity contribution in [3.8, 4) is 0 Å². The summed E-state index contributed by atoms with van der Waals surface area (Å²) in [6.07, 6.45) is 1.89. The first-order valence-electron chi connectivity index (χ1n) is 7.52. The normalized spacial score (nSPS) is 11.8. The lowest BCUT2D eigenvalue weighted by molar-refractivity contribution is -0.104. The summed E-state index contributed by atoms with van der Waals surface area (Å²) in [6.45, 7) is 0.444. The van der Waals surface area contributed by atoms with E-state index < -0.39 is 10.0 Å². The molecular formula is C18H18N2O4S. The van der Waals surface area contributed by atoms with E-state index in [0.29, 0.717) is 30.4 Å². The first-order valence-corrected chi connectivity index (χ1v) is 9.07. The van der Waals surface area contributed by atoms with Gasteiger partial charge < -0.3 is 5.32 Å². The summed E-state index contributed by atoms with van der Waals surface area (Å²) in [5, 5.41) is 7.92. The third kappa shape index (κ3) is 5.37. The van der Waals surface area contributed by atoms with E-state index in [2.05, 4.69) is 5.32 Å². The number of hydrogen-bond acceptors (Lipinski definition) is 4. The highest BCUT2D eigenvalue weighted by molar-refractivity contribution is 7.98. The van der Waals surface area contributed by atoms with Gasteiger partial charge in [0.1, 0.15) is 6.29 Å². The van der Waals surface area contributed by atoms with E-state index in [9.17, 15) is 18.0 Å². The number of carbonyl (C=O) groups excluding carboxylic acids is 2. The zero-order chi connectivity index (χ0) is 18.3. The number of hydrogen-bond donors (Lipinski definition) is 2. The summed E-state index contributed by atoms with van der Waals surface area (Å²) in [7, 11) is -3.98. The largest absolute Gasteiger partial charge is 0.352 e. The summed E-state index contributed by atoms with van der Waals surface area (Å²) in [5.41, 5.74) is 1.85. The maximum atomic E-state index is 11.9. The molecule has 0 aliphatic heterocycles. The highest BCUT2D eigenvalue weighted by atomic mass is 32.2. The van der Waals surface area contributed by atoms with Crippen LogP contribution >= 0.6 is 0 Å². The van der Waals surface area contributed by atoms with Gasteiger partial charge >= 0.3 is 0 Å². The van der Waals surface area contributed by atoms with Crippen LogP contribution < -0.4 is 10.5 Å². The van der Waals surface area contributed by atoms with E-state index in [4.69, 9.17) is 5.14 Å². The van der Waals surface area contributed by atoms with Crippen LogP contribution in [0.15, 0.2) is 60.7 Å². The Bertz CT molecular complexity index is 873. The number of carbonyl (C=O) groups is 2. The van der Waals surface area contributed by atoms with Crippen LogP contribution in [0.2, 0.25) is 0 Å². The third-order valence-corrected chi connectivity index (χ3v) is 4.48. The highest BCUT2D eigenvalue weighted by Crippen LogP contribution is 2.19. The van der Waals surface area contributed by atoms with Crippen LogP contribution in [0, 0.1) is 0 Å². The van der Waals surface area contributed by atoms with E-state index in [-0.39, 0.29) is 10.8 Å². The van der Waals surface area contributed by atoms with Gasteiger partial charge in [-0.25, -0.2) is 13.6 Å². The Balaban J connectivity index is 1.98. The molecule has 0 radical (unpaired) electrons. The first kappa shape index (κ1) is 18.6. The number of rotatable bonds is 7. The molecule has 2 rings (SSSR count). The predicted octanol–water partition coefficient (Wildman–Crippen LogP) is 1.49. The Morgan fingerprint density at radius 2 is 1.64 bits per heavy atom. The van der Waals surface area contributed by atoms with Crippen LogP contribution in [-0.4, -0.2) is 27.2 Å². The van der Waals surface area contributed by atoms with Gasteiger partial charge in [-0.2, -0.15) is 0 Å². The molecule has 130 valence electrons. The zero-order valence-corrected chi connectivity index (χ0v) is 14.2. The molecule has 0 saturated heterocycles. The predicted molar refractivity (Wildman–Crippen MR) is 96.1 cm³/mol. The average Bonchev–Trinajstić information content (AvgIpc) is 2.60. The molecule has 0 bridgehead atoms. The fourth-order valence-electron chi connectivity index (χ4n) is 2.26. The molecule has 0 heterocycles. The summed E-state index contributed by atoms with van der Waals surface area (Å²) in [6, 6.07) is 15.5. The minimum atomic E-state index is -3.98. The van der Waals surface area contributed by atoms with Crippen molar-refractivity contribution in [1.29, 1.82) is 0 Å². The van der Waals surface area contributed by atoms with Crippen molar-refractivity contribution in [1.82, 2.24) is 5.32 Å². The van der Waals surface area contributed by atoms with Gasteiger partial charge in [0.25, 0.3) is 5.91 Å². The summed E-state index contributed by atoms with van der Waals surface area (Å²) >= 11 is 0. The van der Waals surface area contributed by atoms with Crippen molar-refractivity contribution < 1.29 is 18.0 Å². The van der Waals surface area contributed by atoms with E-state index in [0.717, 1.165) is 11.6 Å². The van der Waals surface area contributed by atoms with Gasteiger partial charge in [-0.1, -0.05) is 42.5 Å². The number of allylic oxidation sites excluding steroid dienone is 1. The molecule has 0 fully saturated rings. The minimum absolute atomic E-state index is 0.150. The molecule has 2 aromatic carbocycles. The summed E-state index contributed by atoms with van der Waals surface area (Å²) in [4.78, 5) is 22.3. The molecule has 1 amide bonds. The number of amides is 1. The maximum absolute atomic E-state index is 11.9. The molecule has 0 aliphatic carbocycles. The van der Waals surface area contributed by atoms with E-state index in [1.807, 2.05) is 6.07 Å². The first-order chi connectivity index (χ1) is 11.9. The van der Waals surface area contributed by atoms with Crippen molar-refractivity contribution in [2.75, 3.05) is 6.54 Å². The quantitative estimate of drug-likeness (QED) is 0.577. The van der Waals surface area contributed by atoms with Crippen molar-refractivity contribution in [3.63, 3.8) is 0 Å². The van der Waals surface area contributed by atoms with Gasteiger partial charge in [-0.05, 0) is 35.8 Å². The monoisotopic (exact) mass is 358 g/mol. The van der Waals surface area contributed by atoms with E-state index >= 15 is 0 Å². The van der Waals surface area contributed by atoms with E-state index in [1.165, 1.54) is 0 Å². The Hall–Kier alpha value is -2.77. The molecule has 3 N–H and O–H groups in total. The molecular weight excluding hydrogens is 340 g/mol. The Morgan fingerprint density at radius 3 is 2.20 bits per heavy atom. The molecule has 0 atom stereocenters. The minimum Gasteiger partial charge on any atom is -0.352 e. The third-order valence-electron chi connectivity index (χ3n) is 3.50. The van der Waals surface area contributed by atoms with Gasteiger partial charge in [0, 0.05) is 12.1 Å². The number of primary sulfonamides is 1. The Morgan fingerprint density at radius 1 is 1.00 bits per heavy atom. The van der Waals surface area contributed by atoms with Crippen molar-refractivity contribution in [2.45, 2.75) is 6.42 Å². The SMILES string of the molecule is NS(=O)(=O)/C(=C\C=O)c1ccc(CCNC(=O)c2ccccc2)cc1. The Kier molecular flexibility index (Phi) is 6.21. The lowest BCUT2D eigenvalue weighted by Gasteiger charge is -2.08. The van der Waals surface area contributed by atoms with Crippen LogP contribution in [0.1, 0.15) is 21.5 Å². The second-order valence-corrected chi connectivity index (χ2v) is 6.81. The van der Waals surface area contributed by atoms with Crippen LogP contribution in [-0.2, 0) is 21.2 Å². The number of nitrogens with two attached hydrogens (primary N) is 1. The van der Waals surface area contributed by atoms with E-state index in [1.54, 1.807) is 48.5 Å². The average molecular weight is 358 g/mol. The van der Waals surface area contributed by atoms with Crippen LogP contribution in [0.4, 0.5) is 0 Å². The van der Waals surface area contributed by atoms with Gasteiger partial charge in [-0.15, -0.1) is 0 Å². The van der Waals surface area contributed by atoms with Crippen LogP contribution in [0.25, 0.3) is 4.91 Å². The van der Waals surface area contributed by atoms with Crippen molar-refractivity contribution in [3.05, 3.63) is 77.4 Å². The summed E-state index contributed by atoms with van der Waals surface area (Å²) in [5.74, 6) is -0.150. The smallest absolute Gasteiger partial charge is 0.251 e. The second kappa shape index (κ2) is 8.36. The second-order valence-electron chi connectivity index (χ2n) is 5.28. The molecule has 6 nitrogen and oxygen atoms in total. The molecule has 0 aliphatic rings. The zero-order valence-electron chi connectivity index (χ0n) is 13.4. The molecule has 0 unspecified atom stereocenters. The maximum Gasteiger partial charge on any atom is 0.251 e. The number of benzene rings is 2. The molecule has 25 heavy (non-hydrogen) atoms. The van der Waals surface area contributed by atoms with Crippen LogP contribution in [0.5, 0.6) is 0 Å². The molecule has 2 aromatic rings. The highest BCUT2D eigenvalue weighted by Gasteiger charge is 2.14. The number of sulfonamides is 1. The van der Waals surface area contributed by atoms with Gasteiger partial charge in [0.15, 0.2) is 0 Å². The lowest BCUT2D eigenvalue weighted by atomic mass is 10.1. The fraction of sp³-hybridized carbons (Fsp3) is 0.111. The molecule has 0 aromatic heterocycles. The number of nitrogens with one attached hydrogen (secondary N) is 1. The topological polar surface area (TPSA) is 106 Å².